The molecule has 0 aliphatic carbocycles. The van der Waals surface area contributed by atoms with Gasteiger partial charge in [0.25, 0.3) is 10.0 Å². The van der Waals surface area contributed by atoms with Crippen molar-refractivity contribution in [2.75, 3.05) is 10.8 Å². The molecule has 190 valence electrons. The van der Waals surface area contributed by atoms with E-state index < -0.39 is 50.9 Å². The van der Waals surface area contributed by atoms with Crippen LogP contribution in [0.2, 0.25) is 5.02 Å². The maximum Gasteiger partial charge on any atom is 0.416 e. The van der Waals surface area contributed by atoms with E-state index in [1.165, 1.54) is 36.4 Å². The summed E-state index contributed by atoms with van der Waals surface area (Å²) in [6, 6.07) is 11.3. The zero-order chi connectivity index (χ0) is 26.3. The third kappa shape index (κ3) is 5.26. The molecule has 3 aromatic carbocycles. The molecule has 36 heavy (non-hydrogen) atoms. The monoisotopic (exact) mass is 543 g/mol. The molecule has 4 rings (SSSR count). The van der Waals surface area contributed by atoms with Crippen molar-refractivity contribution in [1.29, 1.82) is 0 Å². The number of carboxylic acid groups (broad SMARTS) is 1. The van der Waals surface area contributed by atoms with Crippen molar-refractivity contribution in [3.63, 3.8) is 0 Å². The molecule has 0 radical (unpaired) electrons. The molecule has 1 N–H and O–H groups in total. The zero-order valence-electron chi connectivity index (χ0n) is 18.3. The number of hydrogen-bond acceptors (Lipinski definition) is 4. The summed E-state index contributed by atoms with van der Waals surface area (Å²) in [6.45, 7) is -0.631. The second-order valence-electron chi connectivity index (χ2n) is 8.12. The molecular formula is C24H18ClF4NO5S. The minimum absolute atomic E-state index is 0.00921. The van der Waals surface area contributed by atoms with Crippen molar-refractivity contribution in [2.45, 2.75) is 24.1 Å². The number of hydrogen-bond donors (Lipinski definition) is 1. The van der Waals surface area contributed by atoms with E-state index in [-0.39, 0.29) is 29.5 Å². The minimum Gasteiger partial charge on any atom is -0.489 e. The Hall–Kier alpha value is -3.31. The summed E-state index contributed by atoms with van der Waals surface area (Å²) in [5.41, 5.74) is -0.374. The van der Waals surface area contributed by atoms with Crippen LogP contribution in [-0.2, 0) is 34.0 Å². The molecule has 6 nitrogen and oxygen atoms in total. The number of aliphatic carboxylic acids is 1. The van der Waals surface area contributed by atoms with Gasteiger partial charge in [0.05, 0.1) is 22.1 Å². The largest absolute Gasteiger partial charge is 0.489 e. The molecule has 12 heteroatoms. The third-order valence-electron chi connectivity index (χ3n) is 5.68. The van der Waals surface area contributed by atoms with Crippen LogP contribution in [0.5, 0.6) is 5.75 Å². The second-order valence-corrected chi connectivity index (χ2v) is 10.4. The Labute approximate surface area is 208 Å². The van der Waals surface area contributed by atoms with Gasteiger partial charge in [0.15, 0.2) is 0 Å². The second kappa shape index (κ2) is 9.62. The van der Waals surface area contributed by atoms with Crippen molar-refractivity contribution in [2.24, 2.45) is 5.92 Å². The quantitative estimate of drug-likeness (QED) is 0.413. The minimum atomic E-state index is -4.77. The van der Waals surface area contributed by atoms with Crippen molar-refractivity contribution in [3.8, 4) is 5.75 Å². The lowest BCUT2D eigenvalue weighted by atomic mass is 9.94. The SMILES string of the molecule is O=C(O)C1Cc2ccc(OCc3cc(F)ccc3Cl)cc2N(S(=O)(=O)c2cccc(C(F)(F)F)c2)C1. The molecule has 3 aromatic rings. The van der Waals surface area contributed by atoms with Crippen molar-refractivity contribution >= 4 is 33.3 Å². The Morgan fingerprint density at radius 2 is 1.86 bits per heavy atom. The highest BCUT2D eigenvalue weighted by Crippen LogP contribution is 2.38. The fourth-order valence-corrected chi connectivity index (χ4v) is 5.59. The summed E-state index contributed by atoms with van der Waals surface area (Å²) in [7, 11) is -4.58. The Balaban J connectivity index is 1.72. The van der Waals surface area contributed by atoms with Gasteiger partial charge in [0.2, 0.25) is 0 Å². The number of benzene rings is 3. The van der Waals surface area contributed by atoms with Crippen LogP contribution in [0.25, 0.3) is 0 Å². The average molecular weight is 544 g/mol. The van der Waals surface area contributed by atoms with Crippen LogP contribution in [0.1, 0.15) is 16.7 Å². The van der Waals surface area contributed by atoms with Crippen molar-refractivity contribution < 1.29 is 40.6 Å². The number of carboxylic acids is 1. The van der Waals surface area contributed by atoms with Gasteiger partial charge in [0, 0.05) is 23.2 Å². The standard InChI is InChI=1S/C24H18ClF4NO5S/c25-21-7-5-18(26)9-16(21)13-35-19-6-4-14-8-15(23(31)32)12-30(22(14)11-19)36(33,34)20-3-1-2-17(10-20)24(27,28)29/h1-7,9-11,15H,8,12-13H2,(H,31,32). The van der Waals surface area contributed by atoms with Gasteiger partial charge >= 0.3 is 12.1 Å². The zero-order valence-corrected chi connectivity index (χ0v) is 19.9. The van der Waals surface area contributed by atoms with Gasteiger partial charge < -0.3 is 9.84 Å². The topological polar surface area (TPSA) is 83.9 Å². The Bertz CT molecular complexity index is 1430. The van der Waals surface area contributed by atoms with Crippen LogP contribution in [0.15, 0.2) is 65.6 Å². The van der Waals surface area contributed by atoms with Gasteiger partial charge in [-0.15, -0.1) is 0 Å². The van der Waals surface area contributed by atoms with Gasteiger partial charge in [-0.2, -0.15) is 13.2 Å². The summed E-state index contributed by atoms with van der Waals surface area (Å²) < 4.78 is 86.5. The van der Waals surface area contributed by atoms with Gasteiger partial charge in [-0.05, 0) is 54.4 Å². The highest BCUT2D eigenvalue weighted by atomic mass is 35.5. The summed E-state index contributed by atoms with van der Waals surface area (Å²) in [4.78, 5) is 11.1. The third-order valence-corrected chi connectivity index (χ3v) is 7.82. The van der Waals surface area contributed by atoms with Crippen LogP contribution >= 0.6 is 11.6 Å². The Morgan fingerprint density at radius 3 is 2.56 bits per heavy atom. The van der Waals surface area contributed by atoms with E-state index >= 15 is 0 Å². The first-order chi connectivity index (χ1) is 16.9. The number of nitrogens with zero attached hydrogens (tertiary/aromatic N) is 1. The van der Waals surface area contributed by atoms with Crippen LogP contribution < -0.4 is 9.04 Å². The smallest absolute Gasteiger partial charge is 0.416 e. The summed E-state index contributed by atoms with van der Waals surface area (Å²) >= 11 is 6.05. The lowest BCUT2D eigenvalue weighted by Crippen LogP contribution is -2.42. The summed E-state index contributed by atoms with van der Waals surface area (Å²) in [5, 5.41) is 9.80. The maximum absolute atomic E-state index is 13.5. The maximum atomic E-state index is 13.5. The lowest BCUT2D eigenvalue weighted by molar-refractivity contribution is -0.141. The van der Waals surface area contributed by atoms with E-state index in [4.69, 9.17) is 16.3 Å². The normalized spacial score (nSPS) is 15.9. The molecule has 0 saturated heterocycles. The van der Waals surface area contributed by atoms with E-state index in [1.54, 1.807) is 0 Å². The fourth-order valence-electron chi connectivity index (χ4n) is 3.83. The predicted octanol–water partition coefficient (Wildman–Crippen LogP) is 5.53. The summed E-state index contributed by atoms with van der Waals surface area (Å²) in [5.74, 6) is -2.71. The van der Waals surface area contributed by atoms with Crippen molar-refractivity contribution in [3.05, 3.63) is 88.2 Å². The molecule has 1 heterocycles. The highest BCUT2D eigenvalue weighted by Gasteiger charge is 2.38. The van der Waals surface area contributed by atoms with Crippen LogP contribution in [0.3, 0.4) is 0 Å². The van der Waals surface area contributed by atoms with Crippen LogP contribution in [0, 0.1) is 11.7 Å². The number of anilines is 1. The van der Waals surface area contributed by atoms with Crippen molar-refractivity contribution in [1.82, 2.24) is 0 Å². The van der Waals surface area contributed by atoms with Gasteiger partial charge in [-0.25, -0.2) is 12.8 Å². The number of ether oxygens (including phenoxy) is 1. The first-order valence-electron chi connectivity index (χ1n) is 10.5. The molecule has 0 aromatic heterocycles. The lowest BCUT2D eigenvalue weighted by Gasteiger charge is -2.34. The number of fused-ring (bicyclic) bond motifs is 1. The Morgan fingerprint density at radius 1 is 1.11 bits per heavy atom. The molecule has 0 amide bonds. The first-order valence-corrected chi connectivity index (χ1v) is 12.3. The first kappa shape index (κ1) is 25.8. The fraction of sp³-hybridized carbons (Fsp3) is 0.208. The molecule has 1 aliphatic rings. The molecule has 0 fully saturated rings. The number of rotatable bonds is 6. The molecular weight excluding hydrogens is 526 g/mol. The van der Waals surface area contributed by atoms with E-state index in [9.17, 15) is 35.9 Å². The van der Waals surface area contributed by atoms with E-state index in [2.05, 4.69) is 0 Å². The molecule has 1 unspecified atom stereocenters. The van der Waals surface area contributed by atoms with Gasteiger partial charge in [-0.3, -0.25) is 9.10 Å². The molecule has 0 bridgehead atoms. The molecule has 0 saturated carbocycles. The molecule has 0 spiro atoms. The summed E-state index contributed by atoms with van der Waals surface area (Å²) in [6.07, 6.45) is -4.76. The van der Waals surface area contributed by atoms with Gasteiger partial charge in [-0.1, -0.05) is 23.7 Å². The Kier molecular flexibility index (Phi) is 6.89. The number of sulfonamides is 1. The highest BCUT2D eigenvalue weighted by molar-refractivity contribution is 7.92. The molecule has 1 atom stereocenters. The van der Waals surface area contributed by atoms with Crippen LogP contribution in [0.4, 0.5) is 23.2 Å². The van der Waals surface area contributed by atoms with Crippen LogP contribution in [-0.4, -0.2) is 26.0 Å². The van der Waals surface area contributed by atoms with E-state index in [1.807, 2.05) is 0 Å². The predicted molar refractivity (Wildman–Crippen MR) is 123 cm³/mol. The van der Waals surface area contributed by atoms with E-state index in [0.29, 0.717) is 17.2 Å². The average Bonchev–Trinajstić information content (AvgIpc) is 2.83. The van der Waals surface area contributed by atoms with E-state index in [0.717, 1.165) is 22.5 Å². The number of halogens is 5. The molecule has 1 aliphatic heterocycles. The number of alkyl halides is 3. The van der Waals surface area contributed by atoms with Gasteiger partial charge in [0.1, 0.15) is 18.2 Å². The number of carbonyl (C=O) groups is 1.